The second-order valence-electron chi connectivity index (χ2n) is 9.46. The maximum atomic E-state index is 13.0. The largest absolute Gasteiger partial charge is 0.454 e. The van der Waals surface area contributed by atoms with Gasteiger partial charge < -0.3 is 24.4 Å². The topological polar surface area (TPSA) is 93.2 Å². The number of nitrogens with zero attached hydrogens (tertiary/aromatic N) is 3. The number of thiazole rings is 1. The van der Waals surface area contributed by atoms with Crippen LogP contribution in [0.15, 0.2) is 66.7 Å². The summed E-state index contributed by atoms with van der Waals surface area (Å²) in [5.41, 5.74) is 3.60. The minimum absolute atomic E-state index is 0.0208. The Hall–Kier alpha value is -4.15. The molecule has 0 aliphatic carbocycles. The minimum Gasteiger partial charge on any atom is -0.454 e. The molecule has 9 nitrogen and oxygen atoms in total. The fourth-order valence-electron chi connectivity index (χ4n) is 4.69. The fourth-order valence-corrected chi connectivity index (χ4v) is 5.57. The molecule has 2 aliphatic rings. The molecule has 2 aliphatic heterocycles. The number of amides is 2. The molecule has 2 amide bonds. The van der Waals surface area contributed by atoms with E-state index in [0.29, 0.717) is 25.2 Å². The van der Waals surface area contributed by atoms with Crippen molar-refractivity contribution < 1.29 is 23.8 Å². The smallest absolute Gasteiger partial charge is 0.407 e. The number of hydrogen-bond donors (Lipinski definition) is 1. The van der Waals surface area contributed by atoms with Gasteiger partial charge in [-0.1, -0.05) is 30.3 Å². The van der Waals surface area contributed by atoms with Gasteiger partial charge >= 0.3 is 6.09 Å². The molecule has 0 spiro atoms. The first-order chi connectivity index (χ1) is 19.1. The summed E-state index contributed by atoms with van der Waals surface area (Å²) in [7, 11) is 0. The molecule has 1 aromatic heterocycles. The third-order valence-corrected chi connectivity index (χ3v) is 7.82. The van der Waals surface area contributed by atoms with Gasteiger partial charge in [-0.05, 0) is 47.5 Å². The molecule has 0 radical (unpaired) electrons. The molecule has 10 heteroatoms. The highest BCUT2D eigenvalue weighted by Gasteiger charge is 2.23. The molecule has 0 atom stereocenters. The number of ether oxygens (including phenoxy) is 3. The summed E-state index contributed by atoms with van der Waals surface area (Å²) in [4.78, 5) is 33.9. The maximum absolute atomic E-state index is 13.0. The van der Waals surface area contributed by atoms with E-state index in [4.69, 9.17) is 14.2 Å². The molecule has 200 valence electrons. The highest BCUT2D eigenvalue weighted by molar-refractivity contribution is 7.18. The molecule has 3 heterocycles. The first-order valence-electron chi connectivity index (χ1n) is 12.8. The average Bonchev–Trinajstić information content (AvgIpc) is 3.62. The maximum Gasteiger partial charge on any atom is 0.407 e. The summed E-state index contributed by atoms with van der Waals surface area (Å²) in [6.07, 6.45) is -0.506. The Labute approximate surface area is 229 Å². The number of alkyl carbamates (subject to hydrolysis) is 1. The Morgan fingerprint density at radius 2 is 1.69 bits per heavy atom. The lowest BCUT2D eigenvalue weighted by atomic mass is 10.1. The summed E-state index contributed by atoms with van der Waals surface area (Å²) in [5.74, 6) is 1.60. The number of fused-ring (bicyclic) bond motifs is 2. The van der Waals surface area contributed by atoms with Crippen molar-refractivity contribution in [3.63, 3.8) is 0 Å². The molecule has 0 bridgehead atoms. The lowest BCUT2D eigenvalue weighted by molar-refractivity contribution is 0.0628. The minimum atomic E-state index is -0.506. The van der Waals surface area contributed by atoms with Gasteiger partial charge in [0.15, 0.2) is 11.5 Å². The zero-order valence-corrected chi connectivity index (χ0v) is 22.1. The van der Waals surface area contributed by atoms with Crippen molar-refractivity contribution in [1.82, 2.24) is 20.1 Å². The van der Waals surface area contributed by atoms with Gasteiger partial charge in [-0.2, -0.15) is 0 Å². The van der Waals surface area contributed by atoms with E-state index in [9.17, 15) is 9.59 Å². The van der Waals surface area contributed by atoms with Crippen LogP contribution in [-0.2, 0) is 24.4 Å². The van der Waals surface area contributed by atoms with E-state index in [1.807, 2.05) is 65.6 Å². The second-order valence-corrected chi connectivity index (χ2v) is 10.6. The quantitative estimate of drug-likeness (QED) is 0.368. The lowest BCUT2D eigenvalue weighted by Gasteiger charge is -2.34. The van der Waals surface area contributed by atoms with Gasteiger partial charge in [-0.3, -0.25) is 9.69 Å². The predicted molar refractivity (Wildman–Crippen MR) is 147 cm³/mol. The van der Waals surface area contributed by atoms with E-state index in [1.165, 1.54) is 16.9 Å². The highest BCUT2D eigenvalue weighted by Crippen LogP contribution is 2.33. The number of para-hydroxylation sites is 1. The van der Waals surface area contributed by atoms with Gasteiger partial charge in [-0.25, -0.2) is 9.78 Å². The van der Waals surface area contributed by atoms with E-state index in [-0.39, 0.29) is 19.3 Å². The van der Waals surface area contributed by atoms with E-state index in [0.717, 1.165) is 51.9 Å². The molecule has 1 fully saturated rings. The average molecular weight is 545 g/mol. The summed E-state index contributed by atoms with van der Waals surface area (Å²) in [6.45, 7) is 4.48. The van der Waals surface area contributed by atoms with Crippen LogP contribution in [-0.4, -0.2) is 59.8 Å². The number of rotatable bonds is 7. The van der Waals surface area contributed by atoms with Crippen molar-refractivity contribution in [3.8, 4) is 11.5 Å². The first-order valence-corrected chi connectivity index (χ1v) is 13.7. The van der Waals surface area contributed by atoms with Crippen molar-refractivity contribution in [2.45, 2.75) is 19.7 Å². The Morgan fingerprint density at radius 3 is 2.51 bits per heavy atom. The lowest BCUT2D eigenvalue weighted by Crippen LogP contribution is -2.48. The zero-order chi connectivity index (χ0) is 26.6. The molecular weight excluding hydrogens is 516 g/mol. The van der Waals surface area contributed by atoms with Crippen molar-refractivity contribution in [1.29, 1.82) is 0 Å². The molecule has 4 aromatic rings. The first kappa shape index (κ1) is 25.1. The van der Waals surface area contributed by atoms with Crippen LogP contribution in [0.25, 0.3) is 10.2 Å². The molecular formula is C29H28N4O5S. The summed E-state index contributed by atoms with van der Waals surface area (Å²) in [6, 6.07) is 21.2. The Bertz CT molecular complexity index is 1450. The van der Waals surface area contributed by atoms with Gasteiger partial charge in [0.1, 0.15) is 11.6 Å². The normalized spacial score (nSPS) is 14.9. The molecule has 0 unspecified atom stereocenters. The van der Waals surface area contributed by atoms with E-state index >= 15 is 0 Å². The third kappa shape index (κ3) is 5.97. The van der Waals surface area contributed by atoms with Crippen molar-refractivity contribution >= 4 is 33.6 Å². The van der Waals surface area contributed by atoms with Crippen LogP contribution in [0, 0.1) is 0 Å². The summed E-state index contributed by atoms with van der Waals surface area (Å²) in [5, 5.41) is 3.51. The number of piperazine rings is 1. The summed E-state index contributed by atoms with van der Waals surface area (Å²) >= 11 is 1.51. The number of carbonyl (C=O) groups is 2. The highest BCUT2D eigenvalue weighted by atomic mass is 32.1. The van der Waals surface area contributed by atoms with E-state index in [1.54, 1.807) is 0 Å². The number of carbonyl (C=O) groups excluding carboxylic acids is 2. The molecule has 3 aromatic carbocycles. The van der Waals surface area contributed by atoms with Crippen molar-refractivity contribution in [2.75, 3.05) is 33.0 Å². The van der Waals surface area contributed by atoms with Gasteiger partial charge in [0.25, 0.3) is 5.91 Å². The second kappa shape index (κ2) is 11.3. The number of benzene rings is 3. The Kier molecular flexibility index (Phi) is 7.29. The van der Waals surface area contributed by atoms with Crippen LogP contribution >= 0.6 is 11.3 Å². The fraction of sp³-hybridized carbons (Fsp3) is 0.276. The van der Waals surface area contributed by atoms with E-state index in [2.05, 4.69) is 21.3 Å². The third-order valence-electron chi connectivity index (χ3n) is 6.81. The number of nitrogens with one attached hydrogen (secondary N) is 1. The standard InChI is InChI=1S/C29H28N4O5S/c34-28(33-13-11-32(12-14-33)17-21-7-10-24-25(15-21)38-19-37-24)22-8-5-20(6-9-22)16-30-29(35)36-18-27-31-23-3-1-2-4-26(23)39-27/h1-10,15H,11-14,16-19H2,(H,30,35). The monoisotopic (exact) mass is 544 g/mol. The van der Waals surface area contributed by atoms with Gasteiger partial charge in [0, 0.05) is 44.8 Å². The van der Waals surface area contributed by atoms with Gasteiger partial charge in [-0.15, -0.1) is 11.3 Å². The molecule has 39 heavy (non-hydrogen) atoms. The van der Waals surface area contributed by atoms with Crippen LogP contribution < -0.4 is 14.8 Å². The summed E-state index contributed by atoms with van der Waals surface area (Å²) < 4.78 is 17.2. The van der Waals surface area contributed by atoms with Gasteiger partial charge in [0.2, 0.25) is 6.79 Å². The molecule has 1 N–H and O–H groups in total. The van der Waals surface area contributed by atoms with Crippen LogP contribution in [0.3, 0.4) is 0 Å². The molecule has 0 saturated carbocycles. The zero-order valence-electron chi connectivity index (χ0n) is 21.3. The van der Waals surface area contributed by atoms with Crippen molar-refractivity contribution in [3.05, 3.63) is 88.4 Å². The Balaban J connectivity index is 0.938. The van der Waals surface area contributed by atoms with Crippen LogP contribution in [0.2, 0.25) is 0 Å². The van der Waals surface area contributed by atoms with Crippen LogP contribution in [0.1, 0.15) is 26.5 Å². The van der Waals surface area contributed by atoms with E-state index < -0.39 is 6.09 Å². The molecule has 6 rings (SSSR count). The predicted octanol–water partition coefficient (Wildman–Crippen LogP) is 4.41. The SMILES string of the molecule is O=C(NCc1ccc(C(=O)N2CCN(Cc3ccc4c(c3)OCO4)CC2)cc1)OCc1nc2ccccc2s1. The van der Waals surface area contributed by atoms with Crippen molar-refractivity contribution in [2.24, 2.45) is 0 Å². The number of aromatic nitrogens is 1. The number of hydrogen-bond acceptors (Lipinski definition) is 8. The van der Waals surface area contributed by atoms with Crippen LogP contribution in [0.5, 0.6) is 11.5 Å². The van der Waals surface area contributed by atoms with Crippen LogP contribution in [0.4, 0.5) is 4.79 Å². The molecule has 1 saturated heterocycles. The Morgan fingerprint density at radius 1 is 0.923 bits per heavy atom. The van der Waals surface area contributed by atoms with Gasteiger partial charge in [0.05, 0.1) is 10.2 Å².